The summed E-state index contributed by atoms with van der Waals surface area (Å²) < 4.78 is 42.0. The summed E-state index contributed by atoms with van der Waals surface area (Å²) in [6.45, 7) is 1.58. The van der Waals surface area contributed by atoms with Gasteiger partial charge in [0.05, 0.1) is 16.6 Å². The molecule has 3 aromatic rings. The van der Waals surface area contributed by atoms with Gasteiger partial charge in [-0.3, -0.25) is 0 Å². The molecule has 2 aliphatic rings. The first-order chi connectivity index (χ1) is 13.9. The maximum atomic E-state index is 13.6. The molecule has 0 aliphatic carbocycles. The summed E-state index contributed by atoms with van der Waals surface area (Å²) in [5.41, 5.74) is 3.07. The second kappa shape index (κ2) is 6.71. The maximum Gasteiger partial charge on any atom is 0.243 e. The first-order valence-electron chi connectivity index (χ1n) is 9.66. The number of halogens is 1. The normalized spacial score (nSPS) is 21.2. The third kappa shape index (κ3) is 2.96. The molecule has 7 heteroatoms. The van der Waals surface area contributed by atoms with Gasteiger partial charge in [-0.1, -0.05) is 30.3 Å². The molecule has 5 nitrogen and oxygen atoms in total. The fourth-order valence-electron chi connectivity index (χ4n) is 4.42. The van der Waals surface area contributed by atoms with Crippen LogP contribution in [0.25, 0.3) is 11.4 Å². The van der Waals surface area contributed by atoms with E-state index in [1.165, 1.54) is 18.2 Å². The van der Waals surface area contributed by atoms with Gasteiger partial charge in [0.15, 0.2) is 5.82 Å². The van der Waals surface area contributed by atoms with E-state index in [4.69, 9.17) is 4.98 Å². The Kier molecular flexibility index (Phi) is 4.26. The summed E-state index contributed by atoms with van der Waals surface area (Å²) >= 11 is 0. The Morgan fingerprint density at radius 1 is 1.10 bits per heavy atom. The molecule has 2 aliphatic heterocycles. The van der Waals surface area contributed by atoms with Gasteiger partial charge in [0.25, 0.3) is 0 Å². The van der Waals surface area contributed by atoms with Crippen LogP contribution in [0.5, 0.6) is 0 Å². The van der Waals surface area contributed by atoms with Crippen LogP contribution in [0.15, 0.2) is 59.6 Å². The zero-order chi connectivity index (χ0) is 20.2. The number of benzene rings is 2. The van der Waals surface area contributed by atoms with Gasteiger partial charge in [0.2, 0.25) is 10.0 Å². The van der Waals surface area contributed by atoms with Crippen molar-refractivity contribution in [2.45, 2.75) is 43.2 Å². The highest BCUT2D eigenvalue weighted by atomic mass is 32.2. The van der Waals surface area contributed by atoms with Crippen molar-refractivity contribution < 1.29 is 12.8 Å². The molecule has 1 aromatic heterocycles. The van der Waals surface area contributed by atoms with Gasteiger partial charge >= 0.3 is 0 Å². The van der Waals surface area contributed by atoms with Crippen molar-refractivity contribution >= 4 is 10.0 Å². The number of hydrogen-bond donors (Lipinski definition) is 0. The van der Waals surface area contributed by atoms with Crippen LogP contribution < -0.4 is 0 Å². The van der Waals surface area contributed by atoms with Gasteiger partial charge < -0.3 is 0 Å². The maximum absolute atomic E-state index is 13.6. The van der Waals surface area contributed by atoms with Gasteiger partial charge in [-0.15, -0.1) is 0 Å². The molecule has 0 N–H and O–H groups in total. The summed E-state index contributed by atoms with van der Waals surface area (Å²) in [5, 5.41) is 0. The fourth-order valence-corrected chi connectivity index (χ4v) is 6.36. The van der Waals surface area contributed by atoms with Crippen LogP contribution in [0.1, 0.15) is 35.7 Å². The molecule has 2 bridgehead atoms. The molecule has 0 amide bonds. The molecule has 0 spiro atoms. The molecule has 3 heterocycles. The van der Waals surface area contributed by atoms with E-state index >= 15 is 0 Å². The van der Waals surface area contributed by atoms with Crippen molar-refractivity contribution in [3.63, 3.8) is 0 Å². The molecule has 2 atom stereocenters. The Balaban J connectivity index is 1.54. The van der Waals surface area contributed by atoms with Gasteiger partial charge in [-0.25, -0.2) is 22.8 Å². The highest BCUT2D eigenvalue weighted by Gasteiger charge is 2.47. The van der Waals surface area contributed by atoms with Crippen molar-refractivity contribution in [3.8, 4) is 11.4 Å². The summed E-state index contributed by atoms with van der Waals surface area (Å²) in [6, 6.07) is 13.3. The number of aryl methyl sites for hydroxylation is 1. The van der Waals surface area contributed by atoms with E-state index in [0.29, 0.717) is 17.8 Å². The van der Waals surface area contributed by atoms with Crippen LogP contribution >= 0.6 is 0 Å². The Hall–Kier alpha value is -2.64. The number of sulfonamides is 1. The molecular weight excluding hydrogens is 389 g/mol. The predicted molar refractivity (Wildman–Crippen MR) is 107 cm³/mol. The lowest BCUT2D eigenvalue weighted by Gasteiger charge is -2.34. The first kappa shape index (κ1) is 18.4. The quantitative estimate of drug-likeness (QED) is 0.655. The smallest absolute Gasteiger partial charge is 0.236 e. The molecule has 1 saturated heterocycles. The molecule has 1 fully saturated rings. The second-order valence-electron chi connectivity index (χ2n) is 7.66. The molecule has 0 saturated carbocycles. The summed E-state index contributed by atoms with van der Waals surface area (Å²) in [6.07, 6.45) is 3.86. The molecular formula is C22H20FN3O2S. The highest BCUT2D eigenvalue weighted by Crippen LogP contribution is 2.46. The average molecular weight is 409 g/mol. The minimum atomic E-state index is -3.73. The second-order valence-corrected chi connectivity index (χ2v) is 9.50. The van der Waals surface area contributed by atoms with Crippen LogP contribution in [-0.4, -0.2) is 28.7 Å². The lowest BCUT2D eigenvalue weighted by atomic mass is 10.0. The van der Waals surface area contributed by atoms with Gasteiger partial charge in [-0.05, 0) is 43.5 Å². The van der Waals surface area contributed by atoms with E-state index in [1.54, 1.807) is 17.4 Å². The third-order valence-corrected chi connectivity index (χ3v) is 7.82. The Morgan fingerprint density at radius 3 is 2.66 bits per heavy atom. The van der Waals surface area contributed by atoms with Crippen molar-refractivity contribution in [1.29, 1.82) is 0 Å². The number of nitrogens with zero attached hydrogens (tertiary/aromatic N) is 3. The Morgan fingerprint density at radius 2 is 1.90 bits per heavy atom. The third-order valence-electron chi connectivity index (χ3n) is 5.87. The SMILES string of the molecule is Cc1cc(S(=O)(=O)N2C3CCC2c2cnc(-c4ccccc4)nc2C3)ccc1F. The Bertz CT molecular complexity index is 1200. The number of aromatic nitrogens is 2. The van der Waals surface area contributed by atoms with Gasteiger partial charge in [-0.2, -0.15) is 4.31 Å². The number of rotatable bonds is 3. The minimum absolute atomic E-state index is 0.138. The van der Waals surface area contributed by atoms with Crippen LogP contribution in [0.3, 0.4) is 0 Å². The average Bonchev–Trinajstić information content (AvgIpc) is 3.06. The van der Waals surface area contributed by atoms with Crippen LogP contribution in [0, 0.1) is 12.7 Å². The number of hydrogen-bond acceptors (Lipinski definition) is 4. The van der Waals surface area contributed by atoms with Crippen LogP contribution in [-0.2, 0) is 16.4 Å². The van der Waals surface area contributed by atoms with E-state index in [1.807, 2.05) is 30.3 Å². The van der Waals surface area contributed by atoms with Crippen molar-refractivity contribution in [3.05, 3.63) is 77.4 Å². The highest BCUT2D eigenvalue weighted by molar-refractivity contribution is 7.89. The van der Waals surface area contributed by atoms with Crippen LogP contribution in [0.2, 0.25) is 0 Å². The van der Waals surface area contributed by atoms with E-state index in [9.17, 15) is 12.8 Å². The molecule has 0 radical (unpaired) electrons. The molecule has 2 unspecified atom stereocenters. The predicted octanol–water partition coefficient (Wildman–Crippen LogP) is 4.04. The number of fused-ring (bicyclic) bond motifs is 4. The zero-order valence-electron chi connectivity index (χ0n) is 15.9. The standard InChI is InChI=1S/C22H20FN3O2S/c1-14-11-17(8-9-19(14)23)29(27,28)26-16-7-10-21(26)18-13-24-22(25-20(18)12-16)15-5-3-2-4-6-15/h2-6,8-9,11,13,16,21H,7,10,12H2,1H3. The van der Waals surface area contributed by atoms with E-state index in [-0.39, 0.29) is 17.0 Å². The van der Waals surface area contributed by atoms with Crippen molar-refractivity contribution in [1.82, 2.24) is 14.3 Å². The molecule has 148 valence electrons. The first-order valence-corrected chi connectivity index (χ1v) is 11.1. The summed E-state index contributed by atoms with van der Waals surface area (Å²) in [7, 11) is -3.73. The van der Waals surface area contributed by atoms with E-state index in [2.05, 4.69) is 4.98 Å². The van der Waals surface area contributed by atoms with Gasteiger partial charge in [0.1, 0.15) is 5.82 Å². The minimum Gasteiger partial charge on any atom is -0.236 e. The Labute approximate surface area is 169 Å². The lowest BCUT2D eigenvalue weighted by Crippen LogP contribution is -2.42. The van der Waals surface area contributed by atoms with Crippen molar-refractivity contribution in [2.24, 2.45) is 0 Å². The molecule has 5 rings (SSSR count). The van der Waals surface area contributed by atoms with E-state index < -0.39 is 15.8 Å². The molecule has 2 aromatic carbocycles. The van der Waals surface area contributed by atoms with E-state index in [0.717, 1.165) is 29.7 Å². The lowest BCUT2D eigenvalue weighted by molar-refractivity contribution is 0.300. The zero-order valence-corrected chi connectivity index (χ0v) is 16.7. The molecule has 29 heavy (non-hydrogen) atoms. The monoisotopic (exact) mass is 409 g/mol. The van der Waals surface area contributed by atoms with Crippen LogP contribution in [0.4, 0.5) is 4.39 Å². The summed E-state index contributed by atoms with van der Waals surface area (Å²) in [4.78, 5) is 9.41. The topological polar surface area (TPSA) is 63.2 Å². The largest absolute Gasteiger partial charge is 0.243 e. The summed E-state index contributed by atoms with van der Waals surface area (Å²) in [5.74, 6) is 0.256. The fraction of sp³-hybridized carbons (Fsp3) is 0.273. The van der Waals surface area contributed by atoms with Gasteiger partial charge in [0, 0.05) is 29.8 Å². The van der Waals surface area contributed by atoms with Crippen molar-refractivity contribution in [2.75, 3.05) is 0 Å².